The fourth-order valence-corrected chi connectivity index (χ4v) is 3.90. The third-order valence-electron chi connectivity index (χ3n) is 3.54. The van der Waals surface area contributed by atoms with Crippen LogP contribution in [-0.4, -0.2) is 20.4 Å². The zero-order chi connectivity index (χ0) is 18.6. The highest BCUT2D eigenvalue weighted by Crippen LogP contribution is 2.22. The van der Waals surface area contributed by atoms with Crippen molar-refractivity contribution in [3.63, 3.8) is 0 Å². The van der Waals surface area contributed by atoms with Gasteiger partial charge in [0.15, 0.2) is 0 Å². The average Bonchev–Trinajstić information content (AvgIpc) is 2.54. The Morgan fingerprint density at radius 2 is 1.60 bits per heavy atom. The molecule has 0 spiro atoms. The Morgan fingerprint density at radius 3 is 2.16 bits per heavy atom. The zero-order valence-electron chi connectivity index (χ0n) is 14.3. The van der Waals surface area contributed by atoms with E-state index < -0.39 is 10.0 Å². The average molecular weight is 381 g/mol. The summed E-state index contributed by atoms with van der Waals surface area (Å²) in [6.45, 7) is 5.33. The van der Waals surface area contributed by atoms with Crippen molar-refractivity contribution in [2.45, 2.75) is 37.8 Å². The van der Waals surface area contributed by atoms with Crippen molar-refractivity contribution in [2.24, 2.45) is 0 Å². The number of nitrogens with one attached hydrogen (secondary N) is 2. The lowest BCUT2D eigenvalue weighted by molar-refractivity contribution is 0.0940. The van der Waals surface area contributed by atoms with Crippen LogP contribution in [0, 0.1) is 0 Å². The number of amides is 1. The number of hydrogen-bond acceptors (Lipinski definition) is 3. The molecule has 0 aliphatic carbocycles. The lowest BCUT2D eigenvalue weighted by atomic mass is 10.1. The summed E-state index contributed by atoms with van der Waals surface area (Å²) in [5.41, 5.74) is 1.19. The topological polar surface area (TPSA) is 75.3 Å². The number of hydrogen-bond donors (Lipinski definition) is 2. The molecule has 0 fully saturated rings. The van der Waals surface area contributed by atoms with Gasteiger partial charge in [-0.05, 0) is 56.7 Å². The second-order valence-corrected chi connectivity index (χ2v) is 8.14. The van der Waals surface area contributed by atoms with Gasteiger partial charge in [0.2, 0.25) is 10.0 Å². The number of halogens is 1. The molecule has 0 aromatic heterocycles. The van der Waals surface area contributed by atoms with E-state index in [9.17, 15) is 13.2 Å². The van der Waals surface area contributed by atoms with Gasteiger partial charge in [0.25, 0.3) is 5.91 Å². The van der Waals surface area contributed by atoms with Crippen LogP contribution in [0.1, 0.15) is 42.7 Å². The molecule has 1 atom stereocenters. The molecule has 0 aliphatic heterocycles. The molecule has 0 heterocycles. The second kappa shape index (κ2) is 7.99. The van der Waals surface area contributed by atoms with Crippen LogP contribution in [0.5, 0.6) is 0 Å². The molecule has 2 aromatic rings. The van der Waals surface area contributed by atoms with Gasteiger partial charge in [0.1, 0.15) is 0 Å². The largest absolute Gasteiger partial charge is 0.345 e. The Kier molecular flexibility index (Phi) is 6.21. The van der Waals surface area contributed by atoms with Crippen LogP contribution < -0.4 is 10.0 Å². The minimum Gasteiger partial charge on any atom is -0.345 e. The van der Waals surface area contributed by atoms with Crippen molar-refractivity contribution in [2.75, 3.05) is 0 Å². The highest BCUT2D eigenvalue weighted by molar-refractivity contribution is 7.89. The van der Waals surface area contributed by atoms with Gasteiger partial charge in [-0.15, -0.1) is 0 Å². The monoisotopic (exact) mass is 380 g/mol. The van der Waals surface area contributed by atoms with Crippen LogP contribution >= 0.6 is 11.6 Å². The molecule has 0 saturated heterocycles. The summed E-state index contributed by atoms with van der Waals surface area (Å²) in [7, 11) is -3.57. The van der Waals surface area contributed by atoms with Crippen molar-refractivity contribution < 1.29 is 13.2 Å². The lowest BCUT2D eigenvalue weighted by Gasteiger charge is -2.16. The number of sulfonamides is 1. The fraction of sp³-hybridized carbons (Fsp3) is 0.278. The molecular formula is C18H21ClN2O3S. The summed E-state index contributed by atoms with van der Waals surface area (Å²) in [5, 5.41) is 3.44. The molecule has 1 amide bonds. The van der Waals surface area contributed by atoms with Crippen LogP contribution in [0.3, 0.4) is 0 Å². The minimum atomic E-state index is -3.57. The molecule has 25 heavy (non-hydrogen) atoms. The van der Waals surface area contributed by atoms with Crippen molar-refractivity contribution in [3.05, 3.63) is 64.7 Å². The maximum absolute atomic E-state index is 12.4. The van der Waals surface area contributed by atoms with Gasteiger partial charge in [-0.1, -0.05) is 29.8 Å². The maximum atomic E-state index is 12.4. The summed E-state index contributed by atoms with van der Waals surface area (Å²) in [4.78, 5) is 12.5. The van der Waals surface area contributed by atoms with Crippen LogP contribution in [0.2, 0.25) is 5.02 Å². The summed E-state index contributed by atoms with van der Waals surface area (Å²) in [6.07, 6.45) is 0. The Balaban J connectivity index is 2.12. The van der Waals surface area contributed by atoms with Gasteiger partial charge in [-0.25, -0.2) is 13.1 Å². The molecule has 0 saturated carbocycles. The first kappa shape index (κ1) is 19.4. The Hall–Kier alpha value is -1.89. The molecule has 0 aliphatic rings. The summed E-state index contributed by atoms with van der Waals surface area (Å²) < 4.78 is 26.7. The maximum Gasteiger partial charge on any atom is 0.251 e. The van der Waals surface area contributed by atoms with Gasteiger partial charge in [-0.2, -0.15) is 0 Å². The first-order chi connectivity index (χ1) is 11.7. The predicted molar refractivity (Wildman–Crippen MR) is 99.2 cm³/mol. The normalized spacial score (nSPS) is 12.8. The van der Waals surface area contributed by atoms with Gasteiger partial charge in [0, 0.05) is 16.6 Å². The van der Waals surface area contributed by atoms with E-state index in [4.69, 9.17) is 11.6 Å². The van der Waals surface area contributed by atoms with E-state index in [1.807, 2.05) is 25.1 Å². The van der Waals surface area contributed by atoms with Crippen molar-refractivity contribution in [1.29, 1.82) is 0 Å². The Morgan fingerprint density at radius 1 is 1.00 bits per heavy atom. The molecule has 2 rings (SSSR count). The third kappa shape index (κ3) is 5.04. The van der Waals surface area contributed by atoms with E-state index in [1.165, 1.54) is 24.3 Å². The molecule has 5 nitrogen and oxygen atoms in total. The standard InChI is InChI=1S/C18H21ClN2O3S/c1-12(2)21-25(23,24)15-10-8-14(9-11-15)18(22)20-13(3)16-6-4-5-7-17(16)19/h4-13,21H,1-3H3,(H,20,22). The van der Waals surface area contributed by atoms with Gasteiger partial charge in [-0.3, -0.25) is 4.79 Å². The molecule has 2 N–H and O–H groups in total. The van der Waals surface area contributed by atoms with E-state index in [1.54, 1.807) is 19.9 Å². The van der Waals surface area contributed by atoms with E-state index in [0.717, 1.165) is 5.56 Å². The van der Waals surface area contributed by atoms with Crippen molar-refractivity contribution in [3.8, 4) is 0 Å². The summed E-state index contributed by atoms with van der Waals surface area (Å²) >= 11 is 6.14. The van der Waals surface area contributed by atoms with Crippen LogP contribution in [0.25, 0.3) is 0 Å². The molecule has 2 aromatic carbocycles. The fourth-order valence-electron chi connectivity index (χ4n) is 2.35. The highest BCUT2D eigenvalue weighted by atomic mass is 35.5. The molecular weight excluding hydrogens is 360 g/mol. The smallest absolute Gasteiger partial charge is 0.251 e. The Bertz CT molecular complexity index is 849. The highest BCUT2D eigenvalue weighted by Gasteiger charge is 2.17. The first-order valence-corrected chi connectivity index (χ1v) is 9.74. The van der Waals surface area contributed by atoms with E-state index in [0.29, 0.717) is 10.6 Å². The number of carbonyl (C=O) groups is 1. The second-order valence-electron chi connectivity index (χ2n) is 6.02. The van der Waals surface area contributed by atoms with Gasteiger partial charge < -0.3 is 5.32 Å². The van der Waals surface area contributed by atoms with E-state index in [-0.39, 0.29) is 22.9 Å². The van der Waals surface area contributed by atoms with E-state index >= 15 is 0 Å². The third-order valence-corrected chi connectivity index (χ3v) is 5.56. The summed E-state index contributed by atoms with van der Waals surface area (Å²) in [5.74, 6) is -0.298. The first-order valence-electron chi connectivity index (χ1n) is 7.88. The van der Waals surface area contributed by atoms with Crippen molar-refractivity contribution >= 4 is 27.5 Å². The molecule has 0 radical (unpaired) electrons. The lowest BCUT2D eigenvalue weighted by Crippen LogP contribution is -2.30. The number of rotatable bonds is 6. The predicted octanol–water partition coefficient (Wildman–Crippen LogP) is 3.52. The SMILES string of the molecule is CC(C)NS(=O)(=O)c1ccc(C(=O)NC(C)c2ccccc2Cl)cc1. The quantitative estimate of drug-likeness (QED) is 0.805. The number of carbonyl (C=O) groups excluding carboxylic acids is 1. The number of benzene rings is 2. The molecule has 134 valence electrons. The summed E-state index contributed by atoms with van der Waals surface area (Å²) in [6, 6.07) is 12.6. The van der Waals surface area contributed by atoms with Crippen molar-refractivity contribution in [1.82, 2.24) is 10.0 Å². The Labute approximate surface area is 153 Å². The van der Waals surface area contributed by atoms with E-state index in [2.05, 4.69) is 10.0 Å². The minimum absolute atomic E-state index is 0.122. The van der Waals surface area contributed by atoms with Gasteiger partial charge >= 0.3 is 0 Å². The van der Waals surface area contributed by atoms with Crippen LogP contribution in [0.4, 0.5) is 0 Å². The van der Waals surface area contributed by atoms with Gasteiger partial charge in [0.05, 0.1) is 10.9 Å². The molecule has 0 bridgehead atoms. The molecule has 7 heteroatoms. The van der Waals surface area contributed by atoms with Crippen LogP contribution in [-0.2, 0) is 10.0 Å². The zero-order valence-corrected chi connectivity index (χ0v) is 15.9. The van der Waals surface area contributed by atoms with Crippen LogP contribution in [0.15, 0.2) is 53.4 Å². The molecule has 1 unspecified atom stereocenters.